The lowest BCUT2D eigenvalue weighted by Crippen LogP contribution is -2.29. The summed E-state index contributed by atoms with van der Waals surface area (Å²) in [6, 6.07) is 12.1. The van der Waals surface area contributed by atoms with E-state index in [2.05, 4.69) is 20.5 Å². The summed E-state index contributed by atoms with van der Waals surface area (Å²) in [5, 5.41) is 12.7. The minimum absolute atomic E-state index is 0.162. The molecule has 0 bridgehead atoms. The first-order chi connectivity index (χ1) is 14.5. The quantitative estimate of drug-likeness (QED) is 0.530. The van der Waals surface area contributed by atoms with Crippen LogP contribution in [-0.4, -0.2) is 30.5 Å². The summed E-state index contributed by atoms with van der Waals surface area (Å²) >= 11 is 6.35. The number of amides is 1. The number of benzene rings is 2. The SMILES string of the molecule is CC(C)Cn1nc(C(=O)Nc2cccc(Cl)c2-n2cncn2)c2ccccc2c1=O. The minimum Gasteiger partial charge on any atom is -0.319 e. The van der Waals surface area contributed by atoms with E-state index in [1.165, 1.54) is 22.0 Å². The number of hydrogen-bond donors (Lipinski definition) is 1. The van der Waals surface area contributed by atoms with E-state index in [4.69, 9.17) is 11.6 Å². The molecule has 2 aromatic carbocycles. The van der Waals surface area contributed by atoms with Crippen LogP contribution in [0.25, 0.3) is 16.5 Å². The van der Waals surface area contributed by atoms with Gasteiger partial charge in [-0.05, 0) is 24.1 Å². The van der Waals surface area contributed by atoms with Gasteiger partial charge in [-0.15, -0.1) is 0 Å². The van der Waals surface area contributed by atoms with E-state index in [9.17, 15) is 9.59 Å². The first-order valence-electron chi connectivity index (χ1n) is 9.40. The van der Waals surface area contributed by atoms with Gasteiger partial charge < -0.3 is 5.32 Å². The van der Waals surface area contributed by atoms with Gasteiger partial charge in [-0.2, -0.15) is 10.2 Å². The number of para-hydroxylation sites is 1. The van der Waals surface area contributed by atoms with Gasteiger partial charge in [0.1, 0.15) is 18.3 Å². The maximum atomic E-state index is 13.2. The molecule has 2 heterocycles. The van der Waals surface area contributed by atoms with Crippen LogP contribution in [0.5, 0.6) is 0 Å². The number of carbonyl (C=O) groups excluding carboxylic acids is 1. The second-order valence-electron chi connectivity index (χ2n) is 7.21. The average Bonchev–Trinajstić information content (AvgIpc) is 3.24. The van der Waals surface area contributed by atoms with E-state index in [0.717, 1.165) is 0 Å². The fourth-order valence-corrected chi connectivity index (χ4v) is 3.49. The molecule has 152 valence electrons. The highest BCUT2D eigenvalue weighted by Crippen LogP contribution is 2.28. The van der Waals surface area contributed by atoms with Crippen molar-refractivity contribution in [2.75, 3.05) is 5.32 Å². The summed E-state index contributed by atoms with van der Waals surface area (Å²) in [6.45, 7) is 4.38. The normalized spacial score (nSPS) is 11.2. The Morgan fingerprint density at radius 2 is 1.90 bits per heavy atom. The van der Waals surface area contributed by atoms with Crippen LogP contribution in [0.1, 0.15) is 24.3 Å². The standard InChI is InChI=1S/C21H19ClN6O2/c1-13(2)10-27-21(30)15-7-4-3-6-14(15)18(26-27)20(29)25-17-9-5-8-16(22)19(17)28-12-23-11-24-28/h3-9,11-13H,10H2,1-2H3,(H,25,29). The van der Waals surface area contributed by atoms with Gasteiger partial charge in [-0.25, -0.2) is 14.3 Å². The minimum atomic E-state index is -0.452. The molecular formula is C21H19ClN6O2. The highest BCUT2D eigenvalue weighted by molar-refractivity contribution is 6.33. The molecule has 0 spiro atoms. The van der Waals surface area contributed by atoms with Crippen molar-refractivity contribution < 1.29 is 4.79 Å². The van der Waals surface area contributed by atoms with E-state index in [1.807, 2.05) is 13.8 Å². The fourth-order valence-electron chi connectivity index (χ4n) is 3.23. The van der Waals surface area contributed by atoms with Crippen molar-refractivity contribution in [2.24, 2.45) is 5.92 Å². The van der Waals surface area contributed by atoms with E-state index >= 15 is 0 Å². The third-order valence-electron chi connectivity index (χ3n) is 4.50. The highest BCUT2D eigenvalue weighted by Gasteiger charge is 2.19. The molecule has 1 N–H and O–H groups in total. The number of aromatic nitrogens is 5. The molecule has 0 radical (unpaired) electrons. The molecule has 0 aliphatic carbocycles. The van der Waals surface area contributed by atoms with E-state index in [0.29, 0.717) is 33.7 Å². The Hall–Kier alpha value is -3.52. The monoisotopic (exact) mass is 422 g/mol. The number of fused-ring (bicyclic) bond motifs is 1. The summed E-state index contributed by atoms with van der Waals surface area (Å²) in [4.78, 5) is 30.0. The van der Waals surface area contributed by atoms with Crippen molar-refractivity contribution in [3.8, 4) is 5.69 Å². The summed E-state index contributed by atoms with van der Waals surface area (Å²) in [5.74, 6) is -0.258. The Bertz CT molecular complexity index is 1280. The predicted molar refractivity (Wildman–Crippen MR) is 115 cm³/mol. The van der Waals surface area contributed by atoms with Crippen LogP contribution in [0.15, 0.2) is 59.9 Å². The summed E-state index contributed by atoms with van der Waals surface area (Å²) in [5.41, 5.74) is 0.882. The number of carbonyl (C=O) groups is 1. The number of nitrogens with zero attached hydrogens (tertiary/aromatic N) is 5. The molecule has 0 unspecified atom stereocenters. The zero-order valence-electron chi connectivity index (χ0n) is 16.4. The van der Waals surface area contributed by atoms with Gasteiger partial charge in [0.25, 0.3) is 11.5 Å². The van der Waals surface area contributed by atoms with Crippen molar-refractivity contribution in [3.05, 3.63) is 76.2 Å². The third-order valence-corrected chi connectivity index (χ3v) is 4.81. The molecule has 0 saturated heterocycles. The Labute approximate surface area is 177 Å². The Kier molecular flexibility index (Phi) is 5.33. The molecule has 0 aliphatic heterocycles. The molecule has 30 heavy (non-hydrogen) atoms. The molecule has 9 heteroatoms. The van der Waals surface area contributed by atoms with Crippen molar-refractivity contribution in [2.45, 2.75) is 20.4 Å². The fraction of sp³-hybridized carbons (Fsp3) is 0.190. The van der Waals surface area contributed by atoms with E-state index < -0.39 is 5.91 Å². The van der Waals surface area contributed by atoms with E-state index in [1.54, 1.807) is 42.5 Å². The zero-order chi connectivity index (χ0) is 21.3. The van der Waals surface area contributed by atoms with Crippen molar-refractivity contribution >= 4 is 34.0 Å². The Morgan fingerprint density at radius 1 is 1.13 bits per heavy atom. The number of rotatable bonds is 5. The topological polar surface area (TPSA) is 94.7 Å². The van der Waals surface area contributed by atoms with Crippen LogP contribution in [0, 0.1) is 5.92 Å². The van der Waals surface area contributed by atoms with Crippen LogP contribution in [0.2, 0.25) is 5.02 Å². The van der Waals surface area contributed by atoms with E-state index in [-0.39, 0.29) is 17.2 Å². The molecule has 4 aromatic rings. The average molecular weight is 423 g/mol. The molecule has 0 aliphatic rings. The largest absolute Gasteiger partial charge is 0.319 e. The van der Waals surface area contributed by atoms with Gasteiger partial charge in [0, 0.05) is 11.9 Å². The van der Waals surface area contributed by atoms with Gasteiger partial charge in [0.05, 0.1) is 16.1 Å². The molecular weight excluding hydrogens is 404 g/mol. The maximum Gasteiger partial charge on any atom is 0.276 e. The van der Waals surface area contributed by atoms with Crippen LogP contribution in [0.4, 0.5) is 5.69 Å². The first kappa shape index (κ1) is 19.8. The van der Waals surface area contributed by atoms with Gasteiger partial charge in [0.2, 0.25) is 0 Å². The Balaban J connectivity index is 1.81. The molecule has 0 atom stereocenters. The zero-order valence-corrected chi connectivity index (χ0v) is 17.2. The Morgan fingerprint density at radius 3 is 2.60 bits per heavy atom. The van der Waals surface area contributed by atoms with Gasteiger partial charge in [-0.1, -0.05) is 49.7 Å². The van der Waals surface area contributed by atoms with Crippen LogP contribution in [-0.2, 0) is 6.54 Å². The number of hydrogen-bond acceptors (Lipinski definition) is 5. The molecule has 4 rings (SSSR count). The lowest BCUT2D eigenvalue weighted by atomic mass is 10.1. The lowest BCUT2D eigenvalue weighted by Gasteiger charge is -2.15. The number of nitrogens with one attached hydrogen (secondary N) is 1. The summed E-state index contributed by atoms with van der Waals surface area (Å²) in [6.07, 6.45) is 2.87. The molecule has 2 aromatic heterocycles. The molecule has 8 nitrogen and oxygen atoms in total. The third kappa shape index (κ3) is 3.69. The second kappa shape index (κ2) is 8.08. The maximum absolute atomic E-state index is 13.2. The first-order valence-corrected chi connectivity index (χ1v) is 9.78. The molecule has 0 fully saturated rings. The predicted octanol–water partition coefficient (Wildman–Crippen LogP) is 3.54. The van der Waals surface area contributed by atoms with Crippen molar-refractivity contribution in [1.82, 2.24) is 24.5 Å². The van der Waals surface area contributed by atoms with Crippen molar-refractivity contribution in [3.63, 3.8) is 0 Å². The van der Waals surface area contributed by atoms with Crippen LogP contribution < -0.4 is 10.9 Å². The smallest absolute Gasteiger partial charge is 0.276 e. The highest BCUT2D eigenvalue weighted by atomic mass is 35.5. The van der Waals surface area contributed by atoms with Crippen LogP contribution in [0.3, 0.4) is 0 Å². The summed E-state index contributed by atoms with van der Waals surface area (Å²) in [7, 11) is 0. The van der Waals surface area contributed by atoms with Crippen LogP contribution >= 0.6 is 11.6 Å². The number of halogens is 1. The second-order valence-corrected chi connectivity index (χ2v) is 7.61. The molecule has 1 amide bonds. The lowest BCUT2D eigenvalue weighted by molar-refractivity contribution is 0.102. The van der Waals surface area contributed by atoms with Crippen molar-refractivity contribution in [1.29, 1.82) is 0 Å². The number of anilines is 1. The van der Waals surface area contributed by atoms with Gasteiger partial charge in [-0.3, -0.25) is 9.59 Å². The summed E-state index contributed by atoms with van der Waals surface area (Å²) < 4.78 is 2.82. The van der Waals surface area contributed by atoms with Gasteiger partial charge in [0.15, 0.2) is 5.69 Å². The molecule has 0 saturated carbocycles. The van der Waals surface area contributed by atoms with Gasteiger partial charge >= 0.3 is 0 Å².